The number of aryl methyl sites for hydroxylation is 3. The van der Waals surface area contributed by atoms with Gasteiger partial charge in [0.05, 0.1) is 6.04 Å². The van der Waals surface area contributed by atoms with Gasteiger partial charge in [0.1, 0.15) is 5.75 Å². The van der Waals surface area contributed by atoms with Gasteiger partial charge in [0.15, 0.2) is 6.10 Å². The summed E-state index contributed by atoms with van der Waals surface area (Å²) in [4.78, 5) is 12.9. The van der Waals surface area contributed by atoms with E-state index in [1.54, 1.807) is 0 Å². The third-order valence-corrected chi connectivity index (χ3v) is 5.96. The lowest BCUT2D eigenvalue weighted by atomic mass is 9.89. The van der Waals surface area contributed by atoms with E-state index >= 15 is 0 Å². The van der Waals surface area contributed by atoms with Crippen molar-refractivity contribution in [3.05, 3.63) is 64.2 Å². The Labute approximate surface area is 175 Å². The summed E-state index contributed by atoms with van der Waals surface area (Å²) in [5.41, 5.74) is 6.40. The number of ether oxygens (including phenoxy) is 1. The van der Waals surface area contributed by atoms with Crippen molar-refractivity contribution in [2.45, 2.75) is 84.8 Å². The number of amides is 1. The number of carbonyl (C=O) groups excluding carboxylic acids is 1. The molecule has 1 amide bonds. The number of benzene rings is 2. The molecule has 0 unspecified atom stereocenters. The highest BCUT2D eigenvalue weighted by molar-refractivity contribution is 5.81. The minimum atomic E-state index is -0.541. The minimum absolute atomic E-state index is 0.0165. The maximum atomic E-state index is 12.9. The molecule has 0 radical (unpaired) electrons. The first kappa shape index (κ1) is 21.4. The summed E-state index contributed by atoms with van der Waals surface area (Å²) in [5, 5.41) is 3.21. The van der Waals surface area contributed by atoms with Crippen LogP contribution in [-0.2, 0) is 17.6 Å². The van der Waals surface area contributed by atoms with E-state index < -0.39 is 6.10 Å². The van der Waals surface area contributed by atoms with E-state index in [1.165, 1.54) is 36.0 Å². The molecule has 3 nitrogen and oxygen atoms in total. The van der Waals surface area contributed by atoms with Gasteiger partial charge in [-0.1, -0.05) is 51.1 Å². The van der Waals surface area contributed by atoms with Crippen LogP contribution in [0.25, 0.3) is 0 Å². The van der Waals surface area contributed by atoms with Crippen molar-refractivity contribution in [2.24, 2.45) is 0 Å². The predicted octanol–water partition coefficient (Wildman–Crippen LogP) is 6.03. The molecule has 0 bridgehead atoms. The third-order valence-electron chi connectivity index (χ3n) is 5.96. The molecule has 0 spiro atoms. The second kappa shape index (κ2) is 9.47. The van der Waals surface area contributed by atoms with Crippen LogP contribution in [0.15, 0.2) is 36.4 Å². The van der Waals surface area contributed by atoms with Gasteiger partial charge >= 0.3 is 0 Å². The van der Waals surface area contributed by atoms with Gasteiger partial charge in [-0.15, -0.1) is 0 Å². The number of hydrogen-bond donors (Lipinski definition) is 1. The molecule has 29 heavy (non-hydrogen) atoms. The molecule has 0 aromatic heterocycles. The van der Waals surface area contributed by atoms with Crippen molar-refractivity contribution >= 4 is 5.91 Å². The van der Waals surface area contributed by atoms with Crippen LogP contribution in [0.3, 0.4) is 0 Å². The maximum absolute atomic E-state index is 12.9. The fourth-order valence-electron chi connectivity index (χ4n) is 4.14. The molecule has 2 aromatic carbocycles. The zero-order valence-corrected chi connectivity index (χ0v) is 18.5. The topological polar surface area (TPSA) is 38.3 Å². The van der Waals surface area contributed by atoms with E-state index in [1.807, 2.05) is 19.9 Å². The number of fused-ring (bicyclic) bond motifs is 1. The molecule has 0 fully saturated rings. The van der Waals surface area contributed by atoms with Gasteiger partial charge in [0.25, 0.3) is 5.91 Å². The van der Waals surface area contributed by atoms with Crippen molar-refractivity contribution in [1.82, 2.24) is 5.32 Å². The summed E-state index contributed by atoms with van der Waals surface area (Å²) < 4.78 is 6.11. The minimum Gasteiger partial charge on any atom is -0.481 e. The van der Waals surface area contributed by atoms with Gasteiger partial charge in [0, 0.05) is 0 Å². The summed E-state index contributed by atoms with van der Waals surface area (Å²) >= 11 is 0. The van der Waals surface area contributed by atoms with E-state index in [4.69, 9.17) is 4.74 Å². The van der Waals surface area contributed by atoms with Crippen LogP contribution in [0.2, 0.25) is 0 Å². The van der Waals surface area contributed by atoms with Crippen LogP contribution in [0.4, 0.5) is 0 Å². The van der Waals surface area contributed by atoms with E-state index in [0.717, 1.165) is 29.7 Å². The van der Waals surface area contributed by atoms with Gasteiger partial charge in [-0.3, -0.25) is 4.79 Å². The predicted molar refractivity (Wildman–Crippen MR) is 120 cm³/mol. The maximum Gasteiger partial charge on any atom is 0.261 e. The zero-order valence-electron chi connectivity index (χ0n) is 18.5. The van der Waals surface area contributed by atoms with Gasteiger partial charge in [-0.2, -0.15) is 0 Å². The van der Waals surface area contributed by atoms with Crippen LogP contribution >= 0.6 is 0 Å². The lowest BCUT2D eigenvalue weighted by Gasteiger charge is -2.24. The van der Waals surface area contributed by atoms with Gasteiger partial charge in [0.2, 0.25) is 0 Å². The van der Waals surface area contributed by atoms with Crippen LogP contribution < -0.4 is 10.1 Å². The molecule has 1 aliphatic rings. The monoisotopic (exact) mass is 393 g/mol. The Morgan fingerprint density at radius 3 is 2.45 bits per heavy atom. The van der Waals surface area contributed by atoms with Crippen LogP contribution in [0.5, 0.6) is 5.75 Å². The van der Waals surface area contributed by atoms with Crippen LogP contribution in [-0.4, -0.2) is 12.0 Å². The molecular formula is C26H35NO2. The average Bonchev–Trinajstić information content (AvgIpc) is 2.71. The molecule has 0 saturated carbocycles. The number of carbonyl (C=O) groups is 1. The fourth-order valence-corrected chi connectivity index (χ4v) is 4.14. The second-order valence-corrected chi connectivity index (χ2v) is 8.66. The lowest BCUT2D eigenvalue weighted by molar-refractivity contribution is -0.128. The highest BCUT2D eigenvalue weighted by atomic mass is 16.5. The first-order valence-corrected chi connectivity index (χ1v) is 11.1. The fraction of sp³-hybridized carbons (Fsp3) is 0.500. The zero-order chi connectivity index (χ0) is 21.0. The van der Waals surface area contributed by atoms with Crippen molar-refractivity contribution in [3.63, 3.8) is 0 Å². The molecule has 156 valence electrons. The Morgan fingerprint density at radius 2 is 1.76 bits per heavy atom. The Hall–Kier alpha value is -2.29. The molecule has 0 saturated heterocycles. The average molecular weight is 394 g/mol. The van der Waals surface area contributed by atoms with Crippen LogP contribution in [0.1, 0.15) is 86.7 Å². The van der Waals surface area contributed by atoms with E-state index in [9.17, 15) is 4.79 Å². The van der Waals surface area contributed by atoms with Gasteiger partial charge in [-0.05, 0) is 85.8 Å². The van der Waals surface area contributed by atoms with Gasteiger partial charge < -0.3 is 10.1 Å². The van der Waals surface area contributed by atoms with Crippen molar-refractivity contribution in [3.8, 4) is 5.75 Å². The van der Waals surface area contributed by atoms with E-state index in [2.05, 4.69) is 56.4 Å². The first-order valence-electron chi connectivity index (χ1n) is 11.1. The Kier molecular flexibility index (Phi) is 7.00. The quantitative estimate of drug-likeness (QED) is 0.623. The van der Waals surface area contributed by atoms with E-state index in [-0.39, 0.29) is 11.9 Å². The highest BCUT2D eigenvalue weighted by Crippen LogP contribution is 2.29. The molecule has 2 atom stereocenters. The van der Waals surface area contributed by atoms with Gasteiger partial charge in [-0.25, -0.2) is 0 Å². The summed E-state index contributed by atoms with van der Waals surface area (Å²) in [5.74, 6) is 1.09. The summed E-state index contributed by atoms with van der Waals surface area (Å²) in [6.45, 7) is 10.3. The smallest absolute Gasteiger partial charge is 0.261 e. The molecule has 3 rings (SSSR count). The summed E-state index contributed by atoms with van der Waals surface area (Å²) in [7, 11) is 0. The molecular weight excluding hydrogens is 358 g/mol. The number of rotatable bonds is 7. The second-order valence-electron chi connectivity index (χ2n) is 8.66. The molecule has 1 N–H and O–H groups in total. The van der Waals surface area contributed by atoms with Crippen molar-refractivity contribution in [1.29, 1.82) is 0 Å². The number of nitrogens with one attached hydrogen (secondary N) is 1. The Bertz CT molecular complexity index is 856. The lowest BCUT2D eigenvalue weighted by Crippen LogP contribution is -2.38. The molecule has 3 heteroatoms. The molecule has 0 aliphatic heterocycles. The number of hydrogen-bond acceptors (Lipinski definition) is 2. The molecule has 1 aliphatic carbocycles. The Balaban J connectivity index is 1.71. The van der Waals surface area contributed by atoms with Crippen molar-refractivity contribution < 1.29 is 9.53 Å². The van der Waals surface area contributed by atoms with Crippen LogP contribution in [0, 0.1) is 6.92 Å². The third kappa shape index (κ3) is 5.20. The Morgan fingerprint density at radius 1 is 1.03 bits per heavy atom. The van der Waals surface area contributed by atoms with Crippen molar-refractivity contribution in [2.75, 3.05) is 0 Å². The first-order chi connectivity index (χ1) is 13.9. The molecule has 0 heterocycles. The summed E-state index contributed by atoms with van der Waals surface area (Å²) in [6.07, 6.45) is 5.20. The van der Waals surface area contributed by atoms with E-state index in [0.29, 0.717) is 5.92 Å². The highest BCUT2D eigenvalue weighted by Gasteiger charge is 2.22. The molecule has 2 aromatic rings. The normalized spacial score (nSPS) is 15.5. The SMILES string of the molecule is CC[C@@H](NC(=O)[C@@H](C)Oc1cc(C)ccc1C(C)C)c1ccc2c(c1)CCCC2. The largest absolute Gasteiger partial charge is 0.481 e. The standard InChI is InChI=1S/C26H35NO2/c1-6-24(22-13-12-20-9-7-8-10-21(20)16-22)27-26(28)19(5)29-25-15-18(4)11-14-23(25)17(2)3/h11-17,19,24H,6-10H2,1-5H3,(H,27,28)/t19-,24-/m1/s1. The summed E-state index contributed by atoms with van der Waals surface area (Å²) in [6, 6.07) is 13.0.